The molecule has 1 aliphatic carbocycles. The molecule has 0 spiro atoms. The van der Waals surface area contributed by atoms with Crippen LogP contribution in [0.15, 0.2) is 23.4 Å². The van der Waals surface area contributed by atoms with Gasteiger partial charge in [0.05, 0.1) is 5.69 Å². The van der Waals surface area contributed by atoms with Gasteiger partial charge < -0.3 is 15.8 Å². The number of halogens is 1. The average molecular weight is 251 g/mol. The molecule has 4 nitrogen and oxygen atoms in total. The molecule has 0 unspecified atom stereocenters. The van der Waals surface area contributed by atoms with Crippen molar-refractivity contribution in [3.63, 3.8) is 0 Å². The molecule has 5 heteroatoms. The van der Waals surface area contributed by atoms with Gasteiger partial charge in [0.2, 0.25) is 0 Å². The summed E-state index contributed by atoms with van der Waals surface area (Å²) in [6, 6.07) is 5.17. The third-order valence-corrected chi connectivity index (χ3v) is 3.11. The lowest BCUT2D eigenvalue weighted by Crippen LogP contribution is -2.27. The summed E-state index contributed by atoms with van der Waals surface area (Å²) in [7, 11) is 0. The Bertz CT molecular complexity index is 458. The highest BCUT2D eigenvalue weighted by atomic mass is 19.1. The molecule has 0 bridgehead atoms. The second-order valence-corrected chi connectivity index (χ2v) is 4.58. The molecule has 0 heterocycles. The van der Waals surface area contributed by atoms with Crippen LogP contribution in [0.2, 0.25) is 0 Å². The number of nitrogens with two attached hydrogens (primary N) is 1. The molecule has 0 saturated heterocycles. The molecule has 1 aromatic carbocycles. The summed E-state index contributed by atoms with van der Waals surface area (Å²) in [5.41, 5.74) is 6.44. The van der Waals surface area contributed by atoms with Crippen LogP contribution in [-0.4, -0.2) is 23.6 Å². The molecule has 0 radical (unpaired) electrons. The maximum Gasteiger partial charge on any atom is 0.170 e. The first-order valence-corrected chi connectivity index (χ1v) is 6.21. The van der Waals surface area contributed by atoms with Crippen LogP contribution < -0.4 is 10.6 Å². The number of hydrogen-bond acceptors (Lipinski definition) is 3. The minimum atomic E-state index is -0.320. The van der Waals surface area contributed by atoms with Gasteiger partial charge in [-0.3, -0.25) is 0 Å². The Labute approximate surface area is 106 Å². The van der Waals surface area contributed by atoms with Gasteiger partial charge in [-0.2, -0.15) is 0 Å². The van der Waals surface area contributed by atoms with Gasteiger partial charge in [0.15, 0.2) is 5.84 Å². The fourth-order valence-electron chi connectivity index (χ4n) is 2.08. The van der Waals surface area contributed by atoms with E-state index in [-0.39, 0.29) is 11.7 Å². The Kier molecular flexibility index (Phi) is 3.69. The summed E-state index contributed by atoms with van der Waals surface area (Å²) in [6.45, 7) is 2.93. The molecular formula is C13H18FN3O. The summed E-state index contributed by atoms with van der Waals surface area (Å²) in [5.74, 6) is -0.395. The van der Waals surface area contributed by atoms with E-state index >= 15 is 0 Å². The van der Waals surface area contributed by atoms with Crippen LogP contribution in [0, 0.1) is 5.82 Å². The monoisotopic (exact) mass is 251 g/mol. The molecule has 1 saturated carbocycles. The summed E-state index contributed by atoms with van der Waals surface area (Å²) in [6.07, 6.45) is 3.24. The van der Waals surface area contributed by atoms with Crippen LogP contribution in [0.25, 0.3) is 0 Å². The van der Waals surface area contributed by atoms with E-state index < -0.39 is 0 Å². The first-order chi connectivity index (χ1) is 8.67. The lowest BCUT2D eigenvalue weighted by molar-refractivity contribution is 0.318. The van der Waals surface area contributed by atoms with E-state index in [4.69, 9.17) is 10.9 Å². The SMILES string of the molecule is CCCN(c1ccc(/C(N)=N/O)cc1F)C1CC1. The zero-order valence-corrected chi connectivity index (χ0v) is 10.4. The lowest BCUT2D eigenvalue weighted by Gasteiger charge is -2.24. The molecule has 1 aliphatic rings. The Balaban J connectivity index is 2.27. The zero-order valence-electron chi connectivity index (χ0n) is 10.4. The van der Waals surface area contributed by atoms with E-state index in [9.17, 15) is 4.39 Å². The molecule has 3 N–H and O–H groups in total. The largest absolute Gasteiger partial charge is 0.409 e. The number of rotatable bonds is 5. The van der Waals surface area contributed by atoms with Crippen LogP contribution in [0.3, 0.4) is 0 Å². The van der Waals surface area contributed by atoms with Gasteiger partial charge >= 0.3 is 0 Å². The molecule has 2 rings (SSSR count). The van der Waals surface area contributed by atoms with Crippen molar-refractivity contribution in [2.24, 2.45) is 10.9 Å². The number of hydrogen-bond donors (Lipinski definition) is 2. The van der Waals surface area contributed by atoms with Gasteiger partial charge in [-0.15, -0.1) is 0 Å². The topological polar surface area (TPSA) is 61.8 Å². The standard InChI is InChI=1S/C13H18FN3O/c1-2-7-17(10-4-5-10)12-6-3-9(8-11(12)14)13(15)16-18/h3,6,8,10,18H,2,4-5,7H2,1H3,(H2,15,16). The lowest BCUT2D eigenvalue weighted by atomic mass is 10.1. The van der Waals surface area contributed by atoms with Gasteiger partial charge in [0.25, 0.3) is 0 Å². The van der Waals surface area contributed by atoms with Crippen LogP contribution in [0.5, 0.6) is 0 Å². The first-order valence-electron chi connectivity index (χ1n) is 6.21. The molecule has 1 aromatic rings. The molecule has 0 atom stereocenters. The molecule has 18 heavy (non-hydrogen) atoms. The average Bonchev–Trinajstić information content (AvgIpc) is 3.19. The quantitative estimate of drug-likeness (QED) is 0.365. The van der Waals surface area contributed by atoms with E-state index in [2.05, 4.69) is 17.0 Å². The van der Waals surface area contributed by atoms with Crippen molar-refractivity contribution in [2.75, 3.05) is 11.4 Å². The van der Waals surface area contributed by atoms with E-state index in [0.717, 1.165) is 25.8 Å². The van der Waals surface area contributed by atoms with E-state index in [1.807, 2.05) is 0 Å². The predicted octanol–water partition coefficient (Wildman–Crippen LogP) is 2.30. The van der Waals surface area contributed by atoms with E-state index in [1.54, 1.807) is 12.1 Å². The Morgan fingerprint density at radius 3 is 2.78 bits per heavy atom. The van der Waals surface area contributed by atoms with Gasteiger partial charge in [-0.05, 0) is 37.5 Å². The van der Waals surface area contributed by atoms with Crippen molar-refractivity contribution >= 4 is 11.5 Å². The van der Waals surface area contributed by atoms with Gasteiger partial charge in [-0.1, -0.05) is 12.1 Å². The molecular weight excluding hydrogens is 233 g/mol. The maximum absolute atomic E-state index is 14.1. The van der Waals surface area contributed by atoms with Crippen molar-refractivity contribution in [2.45, 2.75) is 32.2 Å². The number of oxime groups is 1. The summed E-state index contributed by atoms with van der Waals surface area (Å²) in [4.78, 5) is 2.10. The molecule has 98 valence electrons. The highest BCUT2D eigenvalue weighted by Gasteiger charge is 2.30. The fraction of sp³-hybridized carbons (Fsp3) is 0.462. The Morgan fingerprint density at radius 2 is 2.28 bits per heavy atom. The molecule has 0 aliphatic heterocycles. The van der Waals surface area contributed by atoms with Crippen molar-refractivity contribution in [1.29, 1.82) is 0 Å². The smallest absolute Gasteiger partial charge is 0.170 e. The number of benzene rings is 1. The molecule has 0 amide bonds. The molecule has 1 fully saturated rings. The third-order valence-electron chi connectivity index (χ3n) is 3.11. The third kappa shape index (κ3) is 2.55. The number of nitrogens with zero attached hydrogens (tertiary/aromatic N) is 2. The van der Waals surface area contributed by atoms with Crippen LogP contribution in [0.4, 0.5) is 10.1 Å². The number of anilines is 1. The first kappa shape index (κ1) is 12.7. The highest BCUT2D eigenvalue weighted by molar-refractivity contribution is 5.97. The minimum absolute atomic E-state index is 0.0751. The second-order valence-electron chi connectivity index (χ2n) is 4.58. The van der Waals surface area contributed by atoms with Gasteiger partial charge in [0.1, 0.15) is 5.82 Å². The summed E-state index contributed by atoms with van der Waals surface area (Å²) >= 11 is 0. The van der Waals surface area contributed by atoms with Crippen LogP contribution >= 0.6 is 0 Å². The fourth-order valence-corrected chi connectivity index (χ4v) is 2.08. The number of amidine groups is 1. The van der Waals surface area contributed by atoms with E-state index in [1.165, 1.54) is 6.07 Å². The summed E-state index contributed by atoms with van der Waals surface area (Å²) in [5, 5.41) is 11.4. The maximum atomic E-state index is 14.1. The normalized spacial score (nSPS) is 15.8. The molecule has 0 aromatic heterocycles. The van der Waals surface area contributed by atoms with Gasteiger partial charge in [-0.25, -0.2) is 4.39 Å². The van der Waals surface area contributed by atoms with Crippen molar-refractivity contribution in [1.82, 2.24) is 0 Å². The van der Waals surface area contributed by atoms with Gasteiger partial charge in [0, 0.05) is 18.2 Å². The Morgan fingerprint density at radius 1 is 1.56 bits per heavy atom. The summed E-state index contributed by atoms with van der Waals surface area (Å²) < 4.78 is 14.1. The van der Waals surface area contributed by atoms with Crippen molar-refractivity contribution in [3.8, 4) is 0 Å². The zero-order chi connectivity index (χ0) is 13.1. The predicted molar refractivity (Wildman–Crippen MR) is 69.6 cm³/mol. The van der Waals surface area contributed by atoms with E-state index in [0.29, 0.717) is 17.3 Å². The highest BCUT2D eigenvalue weighted by Crippen LogP contribution is 2.33. The van der Waals surface area contributed by atoms with Crippen molar-refractivity contribution < 1.29 is 9.60 Å². The van der Waals surface area contributed by atoms with Crippen molar-refractivity contribution in [3.05, 3.63) is 29.6 Å². The van der Waals surface area contributed by atoms with Crippen LogP contribution in [-0.2, 0) is 0 Å². The second kappa shape index (κ2) is 5.25. The van der Waals surface area contributed by atoms with Crippen LogP contribution in [0.1, 0.15) is 31.7 Å². The Hall–Kier alpha value is -1.78. The minimum Gasteiger partial charge on any atom is -0.409 e.